The van der Waals surface area contributed by atoms with Crippen molar-refractivity contribution < 1.29 is 24.8 Å². The van der Waals surface area contributed by atoms with E-state index in [0.29, 0.717) is 11.4 Å². The molecule has 17 heavy (non-hydrogen) atoms. The summed E-state index contributed by atoms with van der Waals surface area (Å²) in [6.45, 7) is -0.380. The standard InChI is InChI=1S/C11H15NO5/c12-6-2-1-3-7(4-6)16-11-10(15)9(14)8(5-13)17-11/h1-4,8-11,13-15H,5,12H2/t8-,9-,10-,11+/m1/s1. The van der Waals surface area contributed by atoms with Gasteiger partial charge in [-0.3, -0.25) is 0 Å². The number of aliphatic hydroxyl groups is 3. The fourth-order valence-electron chi connectivity index (χ4n) is 1.68. The number of nitrogen functional groups attached to an aromatic ring is 1. The molecule has 1 heterocycles. The zero-order valence-electron chi connectivity index (χ0n) is 9.06. The molecule has 6 nitrogen and oxygen atoms in total. The topological polar surface area (TPSA) is 105 Å². The molecule has 0 unspecified atom stereocenters. The quantitative estimate of drug-likeness (QED) is 0.510. The number of rotatable bonds is 3. The fourth-order valence-corrected chi connectivity index (χ4v) is 1.68. The Labute approximate surface area is 98.2 Å². The SMILES string of the molecule is Nc1cccc(O[C@H]2O[C@H](CO)[C@@H](O)[C@H]2O)c1. The molecular weight excluding hydrogens is 226 g/mol. The van der Waals surface area contributed by atoms with E-state index in [1.165, 1.54) is 0 Å². The van der Waals surface area contributed by atoms with Crippen molar-refractivity contribution in [2.45, 2.75) is 24.6 Å². The summed E-state index contributed by atoms with van der Waals surface area (Å²) in [7, 11) is 0. The van der Waals surface area contributed by atoms with Gasteiger partial charge in [-0.05, 0) is 12.1 Å². The monoisotopic (exact) mass is 241 g/mol. The van der Waals surface area contributed by atoms with E-state index in [4.69, 9.17) is 20.3 Å². The third kappa shape index (κ3) is 2.50. The fraction of sp³-hybridized carbons (Fsp3) is 0.455. The van der Waals surface area contributed by atoms with Gasteiger partial charge < -0.3 is 30.5 Å². The Morgan fingerprint density at radius 2 is 2.06 bits per heavy atom. The van der Waals surface area contributed by atoms with E-state index in [1.807, 2.05) is 0 Å². The number of hydrogen-bond donors (Lipinski definition) is 4. The van der Waals surface area contributed by atoms with Gasteiger partial charge in [-0.25, -0.2) is 0 Å². The normalized spacial score (nSPS) is 32.6. The van der Waals surface area contributed by atoms with Crippen LogP contribution in [-0.4, -0.2) is 46.5 Å². The molecule has 6 heteroatoms. The van der Waals surface area contributed by atoms with Crippen LogP contribution in [0.25, 0.3) is 0 Å². The molecule has 0 aliphatic carbocycles. The lowest BCUT2D eigenvalue weighted by Crippen LogP contribution is -2.35. The molecule has 0 aromatic heterocycles. The van der Waals surface area contributed by atoms with E-state index >= 15 is 0 Å². The van der Waals surface area contributed by atoms with Gasteiger partial charge in [-0.15, -0.1) is 0 Å². The van der Waals surface area contributed by atoms with E-state index in [2.05, 4.69) is 0 Å². The molecule has 0 radical (unpaired) electrons. The van der Waals surface area contributed by atoms with Gasteiger partial charge in [0.2, 0.25) is 6.29 Å². The lowest BCUT2D eigenvalue weighted by atomic mass is 10.1. The van der Waals surface area contributed by atoms with Crippen molar-refractivity contribution in [3.8, 4) is 5.75 Å². The van der Waals surface area contributed by atoms with Crippen LogP contribution in [0.4, 0.5) is 5.69 Å². The van der Waals surface area contributed by atoms with E-state index in [-0.39, 0.29) is 6.61 Å². The molecule has 1 aromatic rings. The summed E-state index contributed by atoms with van der Waals surface area (Å²) in [4.78, 5) is 0. The summed E-state index contributed by atoms with van der Waals surface area (Å²) in [5.41, 5.74) is 6.10. The van der Waals surface area contributed by atoms with Crippen LogP contribution in [0.5, 0.6) is 5.75 Å². The predicted molar refractivity (Wildman–Crippen MR) is 59.2 cm³/mol. The molecule has 0 spiro atoms. The summed E-state index contributed by atoms with van der Waals surface area (Å²) < 4.78 is 10.5. The van der Waals surface area contributed by atoms with Crippen LogP contribution in [0, 0.1) is 0 Å². The van der Waals surface area contributed by atoms with Gasteiger partial charge in [0.1, 0.15) is 24.1 Å². The largest absolute Gasteiger partial charge is 0.462 e. The first-order valence-electron chi connectivity index (χ1n) is 5.26. The molecule has 1 aliphatic heterocycles. The highest BCUT2D eigenvalue weighted by molar-refractivity contribution is 5.43. The van der Waals surface area contributed by atoms with Gasteiger partial charge in [0.15, 0.2) is 0 Å². The van der Waals surface area contributed by atoms with Crippen LogP contribution in [0.2, 0.25) is 0 Å². The first-order chi connectivity index (χ1) is 8.11. The predicted octanol–water partition coefficient (Wildman–Crippen LogP) is -0.913. The number of ether oxygens (including phenoxy) is 2. The molecule has 0 amide bonds. The van der Waals surface area contributed by atoms with Crippen LogP contribution >= 0.6 is 0 Å². The average Bonchev–Trinajstić information content (AvgIpc) is 2.57. The van der Waals surface area contributed by atoms with Crippen LogP contribution in [0.1, 0.15) is 0 Å². The lowest BCUT2D eigenvalue weighted by Gasteiger charge is -2.16. The highest BCUT2D eigenvalue weighted by atomic mass is 16.7. The maximum Gasteiger partial charge on any atom is 0.229 e. The number of nitrogens with two attached hydrogens (primary N) is 1. The average molecular weight is 241 g/mol. The Bertz CT molecular complexity index is 386. The highest BCUT2D eigenvalue weighted by Gasteiger charge is 2.43. The molecule has 0 saturated carbocycles. The first kappa shape index (κ1) is 12.1. The van der Waals surface area contributed by atoms with Crippen molar-refractivity contribution >= 4 is 5.69 Å². The Kier molecular flexibility index (Phi) is 3.49. The van der Waals surface area contributed by atoms with Crippen LogP contribution < -0.4 is 10.5 Å². The molecular formula is C11H15NO5. The minimum atomic E-state index is -1.20. The molecule has 1 saturated heterocycles. The highest BCUT2D eigenvalue weighted by Crippen LogP contribution is 2.25. The second-order valence-corrected chi connectivity index (χ2v) is 3.90. The first-order valence-corrected chi connectivity index (χ1v) is 5.26. The van der Waals surface area contributed by atoms with E-state index in [1.54, 1.807) is 24.3 Å². The summed E-state index contributed by atoms with van der Waals surface area (Å²) in [6.07, 6.45) is -4.21. The lowest BCUT2D eigenvalue weighted by molar-refractivity contribution is -0.116. The van der Waals surface area contributed by atoms with Gasteiger partial charge in [0.25, 0.3) is 0 Å². The molecule has 0 bridgehead atoms. The third-order valence-corrected chi connectivity index (χ3v) is 2.61. The third-order valence-electron chi connectivity index (χ3n) is 2.61. The van der Waals surface area contributed by atoms with E-state index in [9.17, 15) is 10.2 Å². The molecule has 5 N–H and O–H groups in total. The van der Waals surface area contributed by atoms with Crippen molar-refractivity contribution in [1.82, 2.24) is 0 Å². The Morgan fingerprint density at radius 1 is 1.29 bits per heavy atom. The van der Waals surface area contributed by atoms with Crippen molar-refractivity contribution in [3.05, 3.63) is 24.3 Å². The molecule has 1 aromatic carbocycles. The summed E-state index contributed by atoms with van der Waals surface area (Å²) >= 11 is 0. The minimum absolute atomic E-state index is 0.380. The number of hydrogen-bond acceptors (Lipinski definition) is 6. The molecule has 4 atom stereocenters. The van der Waals surface area contributed by atoms with Gasteiger partial charge in [0.05, 0.1) is 6.61 Å². The van der Waals surface area contributed by atoms with Gasteiger partial charge in [0, 0.05) is 11.8 Å². The number of aliphatic hydroxyl groups excluding tert-OH is 3. The number of benzene rings is 1. The minimum Gasteiger partial charge on any atom is -0.462 e. The van der Waals surface area contributed by atoms with Crippen molar-refractivity contribution in [3.63, 3.8) is 0 Å². The van der Waals surface area contributed by atoms with Crippen molar-refractivity contribution in [2.24, 2.45) is 0 Å². The summed E-state index contributed by atoms with van der Waals surface area (Å²) in [5.74, 6) is 0.430. The second-order valence-electron chi connectivity index (χ2n) is 3.90. The van der Waals surface area contributed by atoms with Crippen molar-refractivity contribution in [1.29, 1.82) is 0 Å². The van der Waals surface area contributed by atoms with Gasteiger partial charge in [-0.1, -0.05) is 6.07 Å². The maximum absolute atomic E-state index is 9.65. The molecule has 2 rings (SSSR count). The zero-order valence-corrected chi connectivity index (χ0v) is 9.06. The van der Waals surface area contributed by atoms with E-state index < -0.39 is 24.6 Å². The molecule has 1 fully saturated rings. The van der Waals surface area contributed by atoms with E-state index in [0.717, 1.165) is 0 Å². The Morgan fingerprint density at radius 3 is 2.65 bits per heavy atom. The Balaban J connectivity index is 2.05. The maximum atomic E-state index is 9.65. The summed E-state index contributed by atoms with van der Waals surface area (Å²) in [6, 6.07) is 6.63. The van der Waals surface area contributed by atoms with Crippen molar-refractivity contribution in [2.75, 3.05) is 12.3 Å². The van der Waals surface area contributed by atoms with Crippen LogP contribution in [-0.2, 0) is 4.74 Å². The zero-order chi connectivity index (χ0) is 12.4. The van der Waals surface area contributed by atoms with Gasteiger partial charge in [-0.2, -0.15) is 0 Å². The van der Waals surface area contributed by atoms with Crippen LogP contribution in [0.15, 0.2) is 24.3 Å². The number of anilines is 1. The second kappa shape index (κ2) is 4.89. The summed E-state index contributed by atoms with van der Waals surface area (Å²) in [5, 5.41) is 28.1. The van der Waals surface area contributed by atoms with Gasteiger partial charge >= 0.3 is 0 Å². The molecule has 94 valence electrons. The van der Waals surface area contributed by atoms with Crippen LogP contribution in [0.3, 0.4) is 0 Å². The smallest absolute Gasteiger partial charge is 0.229 e. The molecule has 1 aliphatic rings. The Hall–Kier alpha value is -1.34.